The summed E-state index contributed by atoms with van der Waals surface area (Å²) in [4.78, 5) is 4.37. The van der Waals surface area contributed by atoms with Crippen LogP contribution in [0.4, 0.5) is 4.39 Å². The fourth-order valence-electron chi connectivity index (χ4n) is 2.66. The molecule has 0 bridgehead atoms. The van der Waals surface area contributed by atoms with Crippen LogP contribution in [0.1, 0.15) is 38.5 Å². The van der Waals surface area contributed by atoms with Crippen molar-refractivity contribution in [3.63, 3.8) is 0 Å². The molecule has 1 aliphatic carbocycles. The van der Waals surface area contributed by atoms with Crippen LogP contribution in [0.5, 0.6) is 0 Å². The molecule has 2 aromatic rings. The number of aromatic nitrogens is 2. The summed E-state index contributed by atoms with van der Waals surface area (Å²) in [6.45, 7) is 2.23. The quantitative estimate of drug-likeness (QED) is 0.913. The third-order valence-electron chi connectivity index (χ3n) is 4.10. The lowest BCUT2D eigenvalue weighted by atomic mass is 9.78. The Hall–Kier alpha value is -1.75. The smallest absolute Gasteiger partial charge is 0.247 e. The molecule has 3 rings (SSSR count). The van der Waals surface area contributed by atoms with Crippen LogP contribution in [0, 0.1) is 11.7 Å². The van der Waals surface area contributed by atoms with Gasteiger partial charge in [-0.25, -0.2) is 4.39 Å². The Balaban J connectivity index is 1.87. The van der Waals surface area contributed by atoms with Crippen molar-refractivity contribution in [2.45, 2.75) is 38.1 Å². The molecule has 1 aromatic heterocycles. The molecule has 106 valence electrons. The van der Waals surface area contributed by atoms with Gasteiger partial charge in [-0.05, 0) is 43.7 Å². The number of benzene rings is 1. The van der Waals surface area contributed by atoms with Gasteiger partial charge in [-0.2, -0.15) is 4.98 Å². The molecular formula is C15H18FN3O. The van der Waals surface area contributed by atoms with Crippen LogP contribution < -0.4 is 5.73 Å². The SMILES string of the molecule is CC1CCC(N)(c2nc(-c3cccc(F)c3)no2)CC1. The minimum atomic E-state index is -0.537. The third-order valence-corrected chi connectivity index (χ3v) is 4.10. The first-order valence-electron chi connectivity index (χ1n) is 6.96. The predicted octanol–water partition coefficient (Wildman–Crippen LogP) is 3.24. The Labute approximate surface area is 117 Å². The molecule has 1 fully saturated rings. The molecule has 1 aromatic carbocycles. The average Bonchev–Trinajstić information content (AvgIpc) is 2.93. The molecule has 0 radical (unpaired) electrons. The molecule has 20 heavy (non-hydrogen) atoms. The van der Waals surface area contributed by atoms with E-state index >= 15 is 0 Å². The van der Waals surface area contributed by atoms with Crippen molar-refractivity contribution in [3.8, 4) is 11.4 Å². The first-order chi connectivity index (χ1) is 9.57. The number of nitrogens with two attached hydrogens (primary N) is 1. The zero-order chi connectivity index (χ0) is 14.2. The number of hydrogen-bond donors (Lipinski definition) is 1. The Kier molecular flexibility index (Phi) is 3.30. The molecule has 1 aliphatic rings. The summed E-state index contributed by atoms with van der Waals surface area (Å²) in [5.41, 5.74) is 6.46. The van der Waals surface area contributed by atoms with Gasteiger partial charge in [0.2, 0.25) is 11.7 Å². The van der Waals surface area contributed by atoms with E-state index in [-0.39, 0.29) is 5.82 Å². The molecule has 0 unspecified atom stereocenters. The zero-order valence-corrected chi connectivity index (χ0v) is 11.5. The Morgan fingerprint density at radius 1 is 1.35 bits per heavy atom. The zero-order valence-electron chi connectivity index (χ0n) is 11.5. The van der Waals surface area contributed by atoms with Crippen molar-refractivity contribution in [1.82, 2.24) is 10.1 Å². The lowest BCUT2D eigenvalue weighted by molar-refractivity contribution is 0.190. The average molecular weight is 275 g/mol. The van der Waals surface area contributed by atoms with Crippen molar-refractivity contribution < 1.29 is 8.91 Å². The van der Waals surface area contributed by atoms with Gasteiger partial charge < -0.3 is 10.3 Å². The van der Waals surface area contributed by atoms with Gasteiger partial charge in [0, 0.05) is 5.56 Å². The van der Waals surface area contributed by atoms with Crippen molar-refractivity contribution in [2.24, 2.45) is 11.7 Å². The Bertz CT molecular complexity index is 603. The van der Waals surface area contributed by atoms with Crippen LogP contribution >= 0.6 is 0 Å². The van der Waals surface area contributed by atoms with E-state index in [0.29, 0.717) is 23.2 Å². The van der Waals surface area contributed by atoms with Gasteiger partial charge in [-0.15, -0.1) is 0 Å². The molecule has 1 saturated carbocycles. The third kappa shape index (κ3) is 2.45. The van der Waals surface area contributed by atoms with Crippen LogP contribution in [0.2, 0.25) is 0 Å². The largest absolute Gasteiger partial charge is 0.337 e. The van der Waals surface area contributed by atoms with E-state index < -0.39 is 5.54 Å². The summed E-state index contributed by atoms with van der Waals surface area (Å²) in [5.74, 6) is 1.23. The minimum absolute atomic E-state index is 0.317. The second-order valence-electron chi connectivity index (χ2n) is 5.77. The van der Waals surface area contributed by atoms with Crippen molar-refractivity contribution in [2.75, 3.05) is 0 Å². The first-order valence-corrected chi connectivity index (χ1v) is 6.96. The molecule has 0 atom stereocenters. The summed E-state index contributed by atoms with van der Waals surface area (Å²) in [5, 5.41) is 3.93. The number of halogens is 1. The molecule has 1 heterocycles. The highest BCUT2D eigenvalue weighted by Gasteiger charge is 2.37. The monoisotopic (exact) mass is 275 g/mol. The maximum atomic E-state index is 13.2. The van der Waals surface area contributed by atoms with E-state index in [1.54, 1.807) is 12.1 Å². The Morgan fingerprint density at radius 2 is 2.10 bits per heavy atom. The molecule has 5 heteroatoms. The van der Waals surface area contributed by atoms with Gasteiger partial charge in [0.25, 0.3) is 0 Å². The summed E-state index contributed by atoms with van der Waals surface area (Å²) in [6.07, 6.45) is 3.82. The molecule has 0 spiro atoms. The molecule has 2 N–H and O–H groups in total. The van der Waals surface area contributed by atoms with Crippen molar-refractivity contribution in [3.05, 3.63) is 36.0 Å². The van der Waals surface area contributed by atoms with Gasteiger partial charge in [-0.3, -0.25) is 0 Å². The van der Waals surface area contributed by atoms with Crippen molar-refractivity contribution >= 4 is 0 Å². The number of hydrogen-bond acceptors (Lipinski definition) is 4. The molecule has 0 aliphatic heterocycles. The maximum absolute atomic E-state index is 13.2. The Morgan fingerprint density at radius 3 is 2.80 bits per heavy atom. The molecular weight excluding hydrogens is 257 g/mol. The summed E-state index contributed by atoms with van der Waals surface area (Å²) >= 11 is 0. The molecule has 0 saturated heterocycles. The minimum Gasteiger partial charge on any atom is -0.337 e. The normalized spacial score (nSPS) is 26.6. The van der Waals surface area contributed by atoms with Gasteiger partial charge in [0.05, 0.1) is 5.54 Å². The van der Waals surface area contributed by atoms with Gasteiger partial charge in [-0.1, -0.05) is 24.2 Å². The fourth-order valence-corrected chi connectivity index (χ4v) is 2.66. The summed E-state index contributed by atoms with van der Waals surface area (Å²) in [7, 11) is 0. The highest BCUT2D eigenvalue weighted by molar-refractivity contribution is 5.54. The lowest BCUT2D eigenvalue weighted by Gasteiger charge is -2.32. The van der Waals surface area contributed by atoms with E-state index in [4.69, 9.17) is 10.3 Å². The van der Waals surface area contributed by atoms with E-state index in [1.165, 1.54) is 12.1 Å². The highest BCUT2D eigenvalue weighted by atomic mass is 19.1. The van der Waals surface area contributed by atoms with Gasteiger partial charge in [0.1, 0.15) is 5.82 Å². The number of nitrogens with zero attached hydrogens (tertiary/aromatic N) is 2. The summed E-state index contributed by atoms with van der Waals surface area (Å²) < 4.78 is 18.5. The molecule has 4 nitrogen and oxygen atoms in total. The van der Waals surface area contributed by atoms with Crippen LogP contribution in [-0.4, -0.2) is 10.1 Å². The van der Waals surface area contributed by atoms with Crippen LogP contribution in [0.3, 0.4) is 0 Å². The second-order valence-corrected chi connectivity index (χ2v) is 5.77. The topological polar surface area (TPSA) is 64.9 Å². The second kappa shape index (κ2) is 4.98. The standard InChI is InChI=1S/C15H18FN3O/c1-10-5-7-15(17,8-6-10)14-18-13(19-20-14)11-3-2-4-12(16)9-11/h2-4,9-10H,5-8,17H2,1H3. The first kappa shape index (κ1) is 13.2. The van der Waals surface area contributed by atoms with Gasteiger partial charge in [0.15, 0.2) is 0 Å². The van der Waals surface area contributed by atoms with E-state index in [2.05, 4.69) is 17.1 Å². The van der Waals surface area contributed by atoms with E-state index in [1.807, 2.05) is 0 Å². The van der Waals surface area contributed by atoms with Crippen molar-refractivity contribution in [1.29, 1.82) is 0 Å². The lowest BCUT2D eigenvalue weighted by Crippen LogP contribution is -2.40. The maximum Gasteiger partial charge on any atom is 0.247 e. The van der Waals surface area contributed by atoms with Crippen LogP contribution in [0.25, 0.3) is 11.4 Å². The van der Waals surface area contributed by atoms with E-state index in [0.717, 1.165) is 25.7 Å². The number of rotatable bonds is 2. The van der Waals surface area contributed by atoms with E-state index in [9.17, 15) is 4.39 Å². The molecule has 0 amide bonds. The summed E-state index contributed by atoms with van der Waals surface area (Å²) in [6, 6.07) is 6.16. The fraction of sp³-hybridized carbons (Fsp3) is 0.467. The van der Waals surface area contributed by atoms with Gasteiger partial charge >= 0.3 is 0 Å². The predicted molar refractivity (Wildman–Crippen MR) is 73.2 cm³/mol. The van der Waals surface area contributed by atoms with Crippen LogP contribution in [-0.2, 0) is 5.54 Å². The highest BCUT2D eigenvalue weighted by Crippen LogP contribution is 2.37. The van der Waals surface area contributed by atoms with Crippen LogP contribution in [0.15, 0.2) is 28.8 Å².